The molecule has 1 saturated heterocycles. The van der Waals surface area contributed by atoms with Crippen LogP contribution in [0.4, 0.5) is 0 Å². The molecule has 0 aromatic heterocycles. The standard InChI is InChI=1S/C23H46N/c1-5-7-9-11-12-20(3)14-15-22(13-10-8-6-2)21(4)23-16-18-24-19-17-23/h20-24H,4-19H2,1-3H3. The first kappa shape index (κ1) is 22.0. The van der Waals surface area contributed by atoms with Crippen molar-refractivity contribution in [1.82, 2.24) is 5.32 Å². The number of unbranched alkanes of at least 4 members (excludes halogenated alkanes) is 5. The zero-order valence-electron chi connectivity index (χ0n) is 17.1. The van der Waals surface area contributed by atoms with E-state index in [9.17, 15) is 0 Å². The summed E-state index contributed by atoms with van der Waals surface area (Å²) in [6, 6.07) is 0. The highest BCUT2D eigenvalue weighted by atomic mass is 14.9. The van der Waals surface area contributed by atoms with Crippen molar-refractivity contribution < 1.29 is 0 Å². The summed E-state index contributed by atoms with van der Waals surface area (Å²) in [5.41, 5.74) is 0. The molecule has 0 saturated carbocycles. The highest BCUT2D eigenvalue weighted by Crippen LogP contribution is 2.34. The Bertz CT molecular complexity index is 269. The van der Waals surface area contributed by atoms with E-state index in [1.165, 1.54) is 96.6 Å². The summed E-state index contributed by atoms with van der Waals surface area (Å²) in [5.74, 6) is 3.35. The van der Waals surface area contributed by atoms with Gasteiger partial charge in [0.15, 0.2) is 0 Å². The summed E-state index contributed by atoms with van der Waals surface area (Å²) in [5, 5.41) is 3.52. The maximum atomic E-state index is 4.68. The largest absolute Gasteiger partial charge is 0.317 e. The Labute approximate surface area is 153 Å². The topological polar surface area (TPSA) is 12.0 Å². The van der Waals surface area contributed by atoms with Crippen LogP contribution in [0, 0.1) is 30.6 Å². The fourth-order valence-corrected chi connectivity index (χ4v) is 4.45. The van der Waals surface area contributed by atoms with E-state index in [0.717, 1.165) is 17.8 Å². The van der Waals surface area contributed by atoms with Crippen molar-refractivity contribution in [2.45, 2.75) is 104 Å². The van der Waals surface area contributed by atoms with Crippen LogP contribution in [-0.2, 0) is 0 Å². The molecule has 1 nitrogen and oxygen atoms in total. The number of hydrogen-bond donors (Lipinski definition) is 1. The third kappa shape index (κ3) is 9.44. The molecule has 143 valence electrons. The van der Waals surface area contributed by atoms with Gasteiger partial charge in [0, 0.05) is 0 Å². The van der Waals surface area contributed by atoms with Gasteiger partial charge in [0.2, 0.25) is 0 Å². The molecule has 1 rings (SSSR count). The lowest BCUT2D eigenvalue weighted by molar-refractivity contribution is 0.195. The average Bonchev–Trinajstić information content (AvgIpc) is 2.62. The van der Waals surface area contributed by atoms with E-state index in [-0.39, 0.29) is 0 Å². The Morgan fingerprint density at radius 2 is 1.46 bits per heavy atom. The molecule has 1 aliphatic heterocycles. The van der Waals surface area contributed by atoms with Crippen molar-refractivity contribution in [1.29, 1.82) is 0 Å². The third-order valence-electron chi connectivity index (χ3n) is 6.35. The highest BCUT2D eigenvalue weighted by molar-refractivity contribution is 4.83. The van der Waals surface area contributed by atoms with Gasteiger partial charge >= 0.3 is 0 Å². The zero-order chi connectivity index (χ0) is 17.6. The molecule has 0 aromatic carbocycles. The number of rotatable bonds is 14. The second-order valence-electron chi connectivity index (χ2n) is 8.54. The highest BCUT2D eigenvalue weighted by Gasteiger charge is 2.26. The van der Waals surface area contributed by atoms with E-state index in [4.69, 9.17) is 0 Å². The molecule has 1 fully saturated rings. The minimum Gasteiger partial charge on any atom is -0.317 e. The molecular weight excluding hydrogens is 290 g/mol. The lowest BCUT2D eigenvalue weighted by Gasteiger charge is -2.34. The normalized spacial score (nSPS) is 20.0. The Hall–Kier alpha value is -0.0400. The molecule has 0 bridgehead atoms. The first-order valence-electron chi connectivity index (χ1n) is 11.2. The van der Waals surface area contributed by atoms with E-state index in [1.54, 1.807) is 0 Å². The monoisotopic (exact) mass is 336 g/mol. The van der Waals surface area contributed by atoms with Gasteiger partial charge in [0.05, 0.1) is 0 Å². The zero-order valence-corrected chi connectivity index (χ0v) is 17.1. The molecule has 3 atom stereocenters. The lowest BCUT2D eigenvalue weighted by Crippen LogP contribution is -2.33. The van der Waals surface area contributed by atoms with Crippen LogP contribution in [0.3, 0.4) is 0 Å². The van der Waals surface area contributed by atoms with Crippen LogP contribution in [0.2, 0.25) is 0 Å². The van der Waals surface area contributed by atoms with Crippen molar-refractivity contribution in [2.75, 3.05) is 13.1 Å². The van der Waals surface area contributed by atoms with Gasteiger partial charge in [-0.05, 0) is 62.9 Å². The van der Waals surface area contributed by atoms with Gasteiger partial charge in [-0.3, -0.25) is 0 Å². The molecule has 24 heavy (non-hydrogen) atoms. The molecule has 1 heterocycles. The molecule has 1 N–H and O–H groups in total. The minimum atomic E-state index is 0.691. The van der Waals surface area contributed by atoms with Gasteiger partial charge in [-0.1, -0.05) is 85.0 Å². The summed E-state index contributed by atoms with van der Waals surface area (Å²) in [6.07, 6.45) is 18.3. The van der Waals surface area contributed by atoms with Crippen molar-refractivity contribution in [3.05, 3.63) is 6.92 Å². The first-order chi connectivity index (χ1) is 11.7. The van der Waals surface area contributed by atoms with Crippen LogP contribution in [0.15, 0.2) is 0 Å². The van der Waals surface area contributed by atoms with E-state index < -0.39 is 0 Å². The summed E-state index contributed by atoms with van der Waals surface area (Å²) >= 11 is 0. The van der Waals surface area contributed by atoms with Gasteiger partial charge in [-0.25, -0.2) is 0 Å². The quantitative estimate of drug-likeness (QED) is 0.336. The second kappa shape index (κ2) is 14.2. The van der Waals surface area contributed by atoms with Gasteiger partial charge in [-0.15, -0.1) is 0 Å². The smallest absolute Gasteiger partial charge is 0.00462 e. The Balaban J connectivity index is 2.36. The molecule has 1 radical (unpaired) electrons. The van der Waals surface area contributed by atoms with Crippen molar-refractivity contribution in [2.24, 2.45) is 23.7 Å². The van der Waals surface area contributed by atoms with Crippen LogP contribution < -0.4 is 5.32 Å². The van der Waals surface area contributed by atoms with Crippen molar-refractivity contribution in [3.63, 3.8) is 0 Å². The molecule has 0 aliphatic carbocycles. The fourth-order valence-electron chi connectivity index (χ4n) is 4.45. The maximum absolute atomic E-state index is 4.68. The van der Waals surface area contributed by atoms with Crippen LogP contribution >= 0.6 is 0 Å². The minimum absolute atomic E-state index is 0.691. The van der Waals surface area contributed by atoms with Crippen LogP contribution in [-0.4, -0.2) is 13.1 Å². The van der Waals surface area contributed by atoms with E-state index >= 15 is 0 Å². The summed E-state index contributed by atoms with van der Waals surface area (Å²) in [7, 11) is 0. The Kier molecular flexibility index (Phi) is 13.0. The number of hydrogen-bond acceptors (Lipinski definition) is 1. The summed E-state index contributed by atoms with van der Waals surface area (Å²) in [4.78, 5) is 0. The van der Waals surface area contributed by atoms with Gasteiger partial charge in [0.1, 0.15) is 0 Å². The van der Waals surface area contributed by atoms with E-state index in [0.29, 0.717) is 5.92 Å². The van der Waals surface area contributed by atoms with Crippen molar-refractivity contribution in [3.8, 4) is 0 Å². The number of nitrogens with one attached hydrogen (secondary N) is 1. The van der Waals surface area contributed by atoms with E-state index in [1.807, 2.05) is 0 Å². The third-order valence-corrected chi connectivity index (χ3v) is 6.35. The Morgan fingerprint density at radius 1 is 0.833 bits per heavy atom. The predicted molar refractivity (Wildman–Crippen MR) is 109 cm³/mol. The summed E-state index contributed by atoms with van der Waals surface area (Å²) < 4.78 is 0. The van der Waals surface area contributed by atoms with Gasteiger partial charge < -0.3 is 5.32 Å². The fraction of sp³-hybridized carbons (Fsp3) is 0.957. The number of piperidine rings is 1. The first-order valence-corrected chi connectivity index (χ1v) is 11.2. The van der Waals surface area contributed by atoms with Crippen LogP contribution in [0.5, 0.6) is 0 Å². The average molecular weight is 337 g/mol. The molecular formula is C23H46N. The molecule has 0 aromatic rings. The SMILES string of the molecule is [CH2]C(C1CCNCC1)C(CCCCC)CCC(C)CCCCCC. The molecule has 1 aliphatic rings. The molecule has 3 unspecified atom stereocenters. The molecule has 0 amide bonds. The predicted octanol–water partition coefficient (Wildman–Crippen LogP) is 7.02. The lowest BCUT2D eigenvalue weighted by atomic mass is 9.73. The maximum Gasteiger partial charge on any atom is -0.00462 e. The van der Waals surface area contributed by atoms with Gasteiger partial charge in [0.25, 0.3) is 0 Å². The summed E-state index contributed by atoms with van der Waals surface area (Å²) in [6.45, 7) is 14.2. The second-order valence-corrected chi connectivity index (χ2v) is 8.54. The van der Waals surface area contributed by atoms with Crippen molar-refractivity contribution >= 4 is 0 Å². The van der Waals surface area contributed by atoms with Gasteiger partial charge in [-0.2, -0.15) is 0 Å². The van der Waals surface area contributed by atoms with Crippen LogP contribution in [0.25, 0.3) is 0 Å². The van der Waals surface area contributed by atoms with E-state index in [2.05, 4.69) is 33.0 Å². The Morgan fingerprint density at radius 3 is 2.12 bits per heavy atom. The molecule has 1 heteroatoms. The van der Waals surface area contributed by atoms with Crippen LogP contribution in [0.1, 0.15) is 104 Å². The molecule has 0 spiro atoms.